The normalized spacial score (nSPS) is 12.7. The van der Waals surface area contributed by atoms with Gasteiger partial charge in [0.25, 0.3) is 0 Å². The van der Waals surface area contributed by atoms with Crippen LogP contribution in [0.3, 0.4) is 0 Å². The van der Waals surface area contributed by atoms with Gasteiger partial charge in [-0.25, -0.2) is 0 Å². The lowest BCUT2D eigenvalue weighted by molar-refractivity contribution is -0.166. The molecular formula is C75H130O6. The predicted molar refractivity (Wildman–Crippen MR) is 353 cm³/mol. The van der Waals surface area contributed by atoms with Gasteiger partial charge in [-0.3, -0.25) is 14.4 Å². The van der Waals surface area contributed by atoms with Crippen molar-refractivity contribution in [3.63, 3.8) is 0 Å². The number of rotatable bonds is 63. The van der Waals surface area contributed by atoms with E-state index >= 15 is 0 Å². The molecule has 1 atom stereocenters. The van der Waals surface area contributed by atoms with Crippen LogP contribution >= 0.6 is 0 Å². The Morgan fingerprint density at radius 3 is 0.852 bits per heavy atom. The molecule has 1 unspecified atom stereocenters. The maximum atomic E-state index is 12.9. The number of carbonyl (C=O) groups excluding carboxylic acids is 3. The molecule has 0 aromatic carbocycles. The number of allylic oxidation sites excluding steroid dienone is 16. The zero-order valence-electron chi connectivity index (χ0n) is 53.5. The van der Waals surface area contributed by atoms with Gasteiger partial charge in [0.2, 0.25) is 0 Å². The van der Waals surface area contributed by atoms with Crippen molar-refractivity contribution in [2.45, 2.75) is 348 Å². The lowest BCUT2D eigenvalue weighted by Gasteiger charge is -2.18. The second-order valence-electron chi connectivity index (χ2n) is 23.1. The summed E-state index contributed by atoms with van der Waals surface area (Å²) in [6, 6.07) is 0. The summed E-state index contributed by atoms with van der Waals surface area (Å²) >= 11 is 0. The molecule has 0 aliphatic heterocycles. The molecule has 0 spiro atoms. The topological polar surface area (TPSA) is 78.9 Å². The van der Waals surface area contributed by atoms with Crippen LogP contribution in [0.5, 0.6) is 0 Å². The third kappa shape index (κ3) is 67.0. The summed E-state index contributed by atoms with van der Waals surface area (Å²) in [5.74, 6) is -0.999. The molecule has 0 N–H and O–H groups in total. The molecule has 6 nitrogen and oxygen atoms in total. The van der Waals surface area contributed by atoms with Gasteiger partial charge in [-0.1, -0.05) is 336 Å². The van der Waals surface area contributed by atoms with Gasteiger partial charge in [-0.05, 0) is 83.5 Å². The summed E-state index contributed by atoms with van der Waals surface area (Å²) in [5, 5.41) is 0. The Balaban J connectivity index is 4.25. The summed E-state index contributed by atoms with van der Waals surface area (Å²) in [6.45, 7) is 6.43. The zero-order valence-corrected chi connectivity index (χ0v) is 53.5. The average Bonchev–Trinajstić information content (AvgIpc) is 3.46. The van der Waals surface area contributed by atoms with Crippen LogP contribution in [-0.4, -0.2) is 37.2 Å². The highest BCUT2D eigenvalue weighted by Crippen LogP contribution is 2.18. The van der Waals surface area contributed by atoms with Crippen LogP contribution < -0.4 is 0 Å². The van der Waals surface area contributed by atoms with E-state index in [1.54, 1.807) is 0 Å². The van der Waals surface area contributed by atoms with Crippen molar-refractivity contribution < 1.29 is 28.6 Å². The predicted octanol–water partition coefficient (Wildman–Crippen LogP) is 24.0. The Morgan fingerprint density at radius 1 is 0.259 bits per heavy atom. The minimum Gasteiger partial charge on any atom is -0.462 e. The lowest BCUT2D eigenvalue weighted by atomic mass is 10.0. The molecule has 6 heteroatoms. The molecule has 0 radical (unpaired) electrons. The molecule has 0 aliphatic carbocycles. The summed E-state index contributed by atoms with van der Waals surface area (Å²) in [4.78, 5) is 38.3. The first-order valence-corrected chi connectivity index (χ1v) is 34.7. The van der Waals surface area contributed by atoms with Gasteiger partial charge in [-0.2, -0.15) is 0 Å². The Morgan fingerprint density at radius 2 is 0.531 bits per heavy atom. The SMILES string of the molecule is CC/C=C\C/C=C\C/C=C\C/C=C\C/C=C\C/C=C\CCC(=O)OC(COC(=O)CCCCCCC/C=C\C/C=C\CCC)COC(=O)CCCCCCCCCCCCCCCCCCCCCCCCCCCCCCCCC. The van der Waals surface area contributed by atoms with Crippen molar-refractivity contribution in [1.29, 1.82) is 0 Å². The molecule has 466 valence electrons. The number of unbranched alkanes of at least 4 members (excludes halogenated alkanes) is 36. The standard InChI is InChI=1S/C75H130O6/c1-4-7-10-13-16-19-22-25-27-29-31-32-33-34-35-36-37-38-39-40-41-42-44-45-47-50-53-56-59-62-65-68-74(77)80-71-72(70-79-73(76)67-64-61-58-55-52-49-24-21-18-15-12-9-6-3)81-75(78)69-66-63-60-57-54-51-48-46-43-30-28-26-23-20-17-14-11-8-5-2/h8,11-12,15,17,20-21,24,26,28,43,46,51,54,60,63,72H,4-7,9-10,13-14,16,18-19,22-23,25,27,29-42,44-45,47-50,52-53,55-59,61-62,64-71H2,1-3H3/b11-8-,15-12-,20-17-,24-21-,28-26-,46-43-,54-51-,63-60-. The maximum Gasteiger partial charge on any atom is 0.306 e. The van der Waals surface area contributed by atoms with Gasteiger partial charge >= 0.3 is 17.9 Å². The Labute approximate surface area is 502 Å². The molecular weight excluding hydrogens is 997 g/mol. The monoisotopic (exact) mass is 1130 g/mol. The number of carbonyl (C=O) groups is 3. The molecule has 0 saturated carbocycles. The van der Waals surface area contributed by atoms with E-state index in [4.69, 9.17) is 14.2 Å². The van der Waals surface area contributed by atoms with E-state index in [0.29, 0.717) is 19.3 Å². The van der Waals surface area contributed by atoms with E-state index < -0.39 is 12.1 Å². The number of hydrogen-bond donors (Lipinski definition) is 0. The molecule has 0 heterocycles. The van der Waals surface area contributed by atoms with E-state index in [2.05, 4.69) is 112 Å². The average molecular weight is 1130 g/mol. The van der Waals surface area contributed by atoms with Gasteiger partial charge in [0, 0.05) is 19.3 Å². The third-order valence-electron chi connectivity index (χ3n) is 15.1. The Bertz CT molecular complexity index is 1580. The quantitative estimate of drug-likeness (QED) is 0.0261. The minimum absolute atomic E-state index is 0.110. The first-order valence-electron chi connectivity index (χ1n) is 34.7. The molecule has 0 aromatic rings. The van der Waals surface area contributed by atoms with Gasteiger partial charge in [0.1, 0.15) is 13.2 Å². The summed E-state index contributed by atoms with van der Waals surface area (Å²) in [7, 11) is 0. The Hall–Kier alpha value is -3.67. The van der Waals surface area contributed by atoms with Crippen molar-refractivity contribution >= 4 is 17.9 Å². The van der Waals surface area contributed by atoms with E-state index in [-0.39, 0.29) is 31.6 Å². The van der Waals surface area contributed by atoms with Gasteiger partial charge in [-0.15, -0.1) is 0 Å². The molecule has 0 saturated heterocycles. The molecule has 0 aliphatic rings. The van der Waals surface area contributed by atoms with Crippen LogP contribution in [0.2, 0.25) is 0 Å². The first kappa shape index (κ1) is 77.3. The van der Waals surface area contributed by atoms with E-state index in [0.717, 1.165) is 109 Å². The Kier molecular flexibility index (Phi) is 65.7. The molecule has 0 fully saturated rings. The van der Waals surface area contributed by atoms with Gasteiger partial charge in [0.15, 0.2) is 6.10 Å². The second kappa shape index (κ2) is 68.8. The van der Waals surface area contributed by atoms with Crippen molar-refractivity contribution in [3.05, 3.63) is 97.2 Å². The van der Waals surface area contributed by atoms with Crippen molar-refractivity contribution in [2.75, 3.05) is 13.2 Å². The number of ether oxygens (including phenoxy) is 3. The number of hydrogen-bond acceptors (Lipinski definition) is 6. The fraction of sp³-hybridized carbons (Fsp3) is 0.747. The molecule has 0 aromatic heterocycles. The van der Waals surface area contributed by atoms with Crippen LogP contribution in [-0.2, 0) is 28.6 Å². The number of esters is 3. The second-order valence-corrected chi connectivity index (χ2v) is 23.1. The highest BCUT2D eigenvalue weighted by atomic mass is 16.6. The molecule has 81 heavy (non-hydrogen) atoms. The van der Waals surface area contributed by atoms with E-state index in [9.17, 15) is 14.4 Å². The van der Waals surface area contributed by atoms with Gasteiger partial charge < -0.3 is 14.2 Å². The van der Waals surface area contributed by atoms with Gasteiger partial charge in [0.05, 0.1) is 0 Å². The van der Waals surface area contributed by atoms with Crippen molar-refractivity contribution in [1.82, 2.24) is 0 Å². The fourth-order valence-corrected chi connectivity index (χ4v) is 9.92. The largest absolute Gasteiger partial charge is 0.462 e. The third-order valence-corrected chi connectivity index (χ3v) is 15.1. The summed E-state index contributed by atoms with van der Waals surface area (Å²) in [6.07, 6.45) is 93.3. The summed E-state index contributed by atoms with van der Waals surface area (Å²) < 4.78 is 16.9. The smallest absolute Gasteiger partial charge is 0.306 e. The maximum absolute atomic E-state index is 12.9. The summed E-state index contributed by atoms with van der Waals surface area (Å²) in [5.41, 5.74) is 0. The van der Waals surface area contributed by atoms with Crippen LogP contribution in [0.1, 0.15) is 342 Å². The van der Waals surface area contributed by atoms with Crippen molar-refractivity contribution in [2.24, 2.45) is 0 Å². The van der Waals surface area contributed by atoms with Crippen LogP contribution in [0.25, 0.3) is 0 Å². The van der Waals surface area contributed by atoms with Crippen LogP contribution in [0.4, 0.5) is 0 Å². The van der Waals surface area contributed by atoms with Crippen molar-refractivity contribution in [3.8, 4) is 0 Å². The zero-order chi connectivity index (χ0) is 58.5. The highest BCUT2D eigenvalue weighted by molar-refractivity contribution is 5.71. The van der Waals surface area contributed by atoms with Crippen LogP contribution in [0.15, 0.2) is 97.2 Å². The highest BCUT2D eigenvalue weighted by Gasteiger charge is 2.19. The molecule has 0 amide bonds. The van der Waals surface area contributed by atoms with E-state index in [1.807, 2.05) is 6.08 Å². The minimum atomic E-state index is -0.825. The van der Waals surface area contributed by atoms with E-state index in [1.165, 1.54) is 186 Å². The molecule has 0 bridgehead atoms. The first-order chi connectivity index (χ1) is 40.0. The fourth-order valence-electron chi connectivity index (χ4n) is 9.92. The van der Waals surface area contributed by atoms with Crippen LogP contribution in [0, 0.1) is 0 Å². The molecule has 0 rings (SSSR count). The lowest BCUT2D eigenvalue weighted by Crippen LogP contribution is -2.30.